The van der Waals surface area contributed by atoms with E-state index >= 15 is 0 Å². The third-order valence-electron chi connectivity index (χ3n) is 3.70. The van der Waals surface area contributed by atoms with Crippen molar-refractivity contribution < 1.29 is 9.21 Å². The number of halogens is 1. The molecule has 2 aromatic rings. The number of carbonyl (C=O) groups is 1. The molecule has 116 valence electrons. The van der Waals surface area contributed by atoms with Crippen molar-refractivity contribution in [1.82, 2.24) is 4.90 Å². The monoisotopic (exact) mass is 310 g/mol. The fraction of sp³-hybridized carbons (Fsp3) is 0.438. The van der Waals surface area contributed by atoms with Crippen LogP contribution in [0, 0.1) is 0 Å². The fourth-order valence-electron chi connectivity index (χ4n) is 2.29. The lowest BCUT2D eigenvalue weighted by molar-refractivity contribution is -0.133. The quantitative estimate of drug-likeness (QED) is 0.919. The number of furan rings is 1. The van der Waals surface area contributed by atoms with Crippen molar-refractivity contribution >= 4 is 29.3 Å². The molecule has 0 bridgehead atoms. The highest BCUT2D eigenvalue weighted by atomic mass is 35.5. The van der Waals surface area contributed by atoms with Crippen molar-refractivity contribution in [3.63, 3.8) is 0 Å². The highest BCUT2D eigenvalue weighted by Crippen LogP contribution is 2.26. The summed E-state index contributed by atoms with van der Waals surface area (Å²) in [4.78, 5) is 13.9. The number of carbonyl (C=O) groups excluding carboxylic acids is 1. The lowest BCUT2D eigenvalue weighted by atomic mass is 10.1. The van der Waals surface area contributed by atoms with Gasteiger partial charge in [0.1, 0.15) is 11.3 Å². The number of amides is 1. The van der Waals surface area contributed by atoms with Gasteiger partial charge in [-0.1, -0.05) is 31.5 Å². The van der Waals surface area contributed by atoms with E-state index in [1.165, 1.54) is 0 Å². The van der Waals surface area contributed by atoms with Crippen LogP contribution >= 0.6 is 12.4 Å². The lowest BCUT2D eigenvalue weighted by Crippen LogP contribution is -2.42. The molecule has 4 nitrogen and oxygen atoms in total. The number of fused-ring (bicyclic) bond motifs is 1. The first-order valence-corrected chi connectivity index (χ1v) is 7.05. The SMILES string of the molecule is CCCC(N)C(=O)N(C)C(C)c1cc2ccccc2o1.Cl. The minimum absolute atomic E-state index is 0. The maximum Gasteiger partial charge on any atom is 0.239 e. The highest BCUT2D eigenvalue weighted by molar-refractivity contribution is 5.85. The molecule has 5 heteroatoms. The molecule has 0 aliphatic heterocycles. The van der Waals surface area contributed by atoms with Gasteiger partial charge in [0.2, 0.25) is 5.91 Å². The van der Waals surface area contributed by atoms with Gasteiger partial charge in [0.05, 0.1) is 12.1 Å². The minimum Gasteiger partial charge on any atom is -0.459 e. The van der Waals surface area contributed by atoms with E-state index in [4.69, 9.17) is 10.2 Å². The highest BCUT2D eigenvalue weighted by Gasteiger charge is 2.24. The summed E-state index contributed by atoms with van der Waals surface area (Å²) < 4.78 is 5.81. The molecule has 0 saturated carbocycles. The van der Waals surface area contributed by atoms with Crippen LogP contribution in [0.4, 0.5) is 0 Å². The number of benzene rings is 1. The number of para-hydroxylation sites is 1. The number of nitrogens with zero attached hydrogens (tertiary/aromatic N) is 1. The zero-order valence-corrected chi connectivity index (χ0v) is 13.5. The van der Waals surface area contributed by atoms with Crippen molar-refractivity contribution in [3.8, 4) is 0 Å². The molecule has 0 fully saturated rings. The molecular formula is C16H23ClN2O2. The van der Waals surface area contributed by atoms with Gasteiger partial charge in [-0.15, -0.1) is 12.4 Å². The number of hydrogen-bond donors (Lipinski definition) is 1. The molecule has 0 saturated heterocycles. The Hall–Kier alpha value is -1.52. The van der Waals surface area contributed by atoms with Crippen LogP contribution in [0.1, 0.15) is 38.5 Å². The van der Waals surface area contributed by atoms with Gasteiger partial charge in [0.15, 0.2) is 0 Å². The summed E-state index contributed by atoms with van der Waals surface area (Å²) in [5, 5.41) is 1.05. The molecule has 1 aromatic heterocycles. The van der Waals surface area contributed by atoms with Crippen molar-refractivity contribution in [2.24, 2.45) is 5.73 Å². The molecule has 2 unspecified atom stereocenters. The van der Waals surface area contributed by atoms with E-state index in [0.29, 0.717) is 6.42 Å². The molecule has 1 aromatic carbocycles. The molecule has 1 heterocycles. The number of nitrogens with two attached hydrogens (primary N) is 1. The van der Waals surface area contributed by atoms with Crippen LogP contribution in [0.15, 0.2) is 34.7 Å². The van der Waals surface area contributed by atoms with Crippen LogP contribution in [0.2, 0.25) is 0 Å². The molecular weight excluding hydrogens is 288 g/mol. The number of rotatable bonds is 5. The largest absolute Gasteiger partial charge is 0.459 e. The van der Waals surface area contributed by atoms with E-state index in [-0.39, 0.29) is 24.4 Å². The summed E-state index contributed by atoms with van der Waals surface area (Å²) in [6.07, 6.45) is 1.61. The van der Waals surface area contributed by atoms with E-state index in [0.717, 1.165) is 23.2 Å². The van der Waals surface area contributed by atoms with Gasteiger partial charge in [-0.05, 0) is 25.5 Å². The molecule has 0 aliphatic rings. The Bertz CT molecular complexity index is 564. The Morgan fingerprint density at radius 2 is 2.05 bits per heavy atom. The zero-order valence-electron chi connectivity index (χ0n) is 12.7. The standard InChI is InChI=1S/C16H22N2O2.ClH/c1-4-7-13(17)16(19)18(3)11(2)15-10-12-8-5-6-9-14(12)20-15;/h5-6,8-11,13H,4,7,17H2,1-3H3;1H. The predicted molar refractivity (Wildman–Crippen MR) is 87.5 cm³/mol. The summed E-state index contributed by atoms with van der Waals surface area (Å²) in [5.41, 5.74) is 6.74. The van der Waals surface area contributed by atoms with Crippen LogP contribution in [0.3, 0.4) is 0 Å². The summed E-state index contributed by atoms with van der Waals surface area (Å²) in [6, 6.07) is 9.25. The van der Waals surface area contributed by atoms with Gasteiger partial charge in [-0.25, -0.2) is 0 Å². The van der Waals surface area contributed by atoms with Crippen molar-refractivity contribution in [1.29, 1.82) is 0 Å². The zero-order chi connectivity index (χ0) is 14.7. The van der Waals surface area contributed by atoms with Crippen LogP contribution in [-0.2, 0) is 4.79 Å². The summed E-state index contributed by atoms with van der Waals surface area (Å²) in [7, 11) is 1.77. The minimum atomic E-state index is -0.433. The second-order valence-corrected chi connectivity index (χ2v) is 5.21. The van der Waals surface area contributed by atoms with Crippen LogP contribution in [0.5, 0.6) is 0 Å². The first-order chi connectivity index (χ1) is 9.54. The number of likely N-dealkylation sites (N-methyl/N-ethyl adjacent to an activating group) is 1. The van der Waals surface area contributed by atoms with Gasteiger partial charge < -0.3 is 15.1 Å². The Labute approximate surface area is 131 Å². The average molecular weight is 311 g/mol. The Morgan fingerprint density at radius 3 is 2.67 bits per heavy atom. The Balaban J connectivity index is 0.00000220. The molecule has 21 heavy (non-hydrogen) atoms. The van der Waals surface area contributed by atoms with Crippen molar-refractivity contribution in [3.05, 3.63) is 36.1 Å². The van der Waals surface area contributed by atoms with E-state index in [1.807, 2.05) is 44.2 Å². The first kappa shape index (κ1) is 17.5. The molecule has 2 N–H and O–H groups in total. The van der Waals surface area contributed by atoms with Gasteiger partial charge in [-0.3, -0.25) is 4.79 Å². The first-order valence-electron chi connectivity index (χ1n) is 7.05. The van der Waals surface area contributed by atoms with Crippen LogP contribution in [-0.4, -0.2) is 23.9 Å². The Kier molecular flexibility index (Phi) is 6.24. The molecule has 1 amide bonds. The van der Waals surface area contributed by atoms with Gasteiger partial charge in [-0.2, -0.15) is 0 Å². The third kappa shape index (κ3) is 3.77. The van der Waals surface area contributed by atoms with Crippen LogP contribution < -0.4 is 5.73 Å². The molecule has 0 spiro atoms. The smallest absolute Gasteiger partial charge is 0.239 e. The maximum absolute atomic E-state index is 12.2. The number of hydrogen-bond acceptors (Lipinski definition) is 3. The fourth-order valence-corrected chi connectivity index (χ4v) is 2.29. The van der Waals surface area contributed by atoms with E-state index in [9.17, 15) is 4.79 Å². The van der Waals surface area contributed by atoms with Crippen molar-refractivity contribution in [2.45, 2.75) is 38.8 Å². The van der Waals surface area contributed by atoms with E-state index < -0.39 is 6.04 Å². The second-order valence-electron chi connectivity index (χ2n) is 5.21. The molecule has 0 aliphatic carbocycles. The maximum atomic E-state index is 12.2. The summed E-state index contributed by atoms with van der Waals surface area (Å²) >= 11 is 0. The predicted octanol–water partition coefficient (Wildman–Crippen LogP) is 3.50. The molecule has 0 radical (unpaired) electrons. The van der Waals surface area contributed by atoms with E-state index in [2.05, 4.69) is 0 Å². The lowest BCUT2D eigenvalue weighted by Gasteiger charge is -2.26. The van der Waals surface area contributed by atoms with Crippen LogP contribution in [0.25, 0.3) is 11.0 Å². The van der Waals surface area contributed by atoms with Gasteiger partial charge >= 0.3 is 0 Å². The third-order valence-corrected chi connectivity index (χ3v) is 3.70. The van der Waals surface area contributed by atoms with Crippen molar-refractivity contribution in [2.75, 3.05) is 7.05 Å². The average Bonchev–Trinajstić information content (AvgIpc) is 2.89. The normalized spacial score (nSPS) is 13.5. The van der Waals surface area contributed by atoms with Gasteiger partial charge in [0.25, 0.3) is 0 Å². The molecule has 2 rings (SSSR count). The second kappa shape index (κ2) is 7.48. The topological polar surface area (TPSA) is 59.5 Å². The summed E-state index contributed by atoms with van der Waals surface area (Å²) in [6.45, 7) is 3.98. The Morgan fingerprint density at radius 1 is 1.38 bits per heavy atom. The summed E-state index contributed by atoms with van der Waals surface area (Å²) in [5.74, 6) is 0.741. The molecule has 2 atom stereocenters. The van der Waals surface area contributed by atoms with Gasteiger partial charge in [0, 0.05) is 12.4 Å². The van der Waals surface area contributed by atoms with E-state index in [1.54, 1.807) is 11.9 Å².